The Morgan fingerprint density at radius 1 is 1.05 bits per heavy atom. The number of rotatable bonds is 9. The Bertz CT molecular complexity index is 1860. The third-order valence-electron chi connectivity index (χ3n) is 12.6. The monoisotopic (exact) mass is 826 g/mol. The lowest BCUT2D eigenvalue weighted by molar-refractivity contribution is -0.295. The highest BCUT2D eigenvalue weighted by molar-refractivity contribution is 6.00. The molecule has 16 heteroatoms. The van der Waals surface area contributed by atoms with E-state index in [1.807, 2.05) is 50.2 Å². The van der Waals surface area contributed by atoms with Gasteiger partial charge in [0.05, 0.1) is 36.0 Å². The minimum atomic E-state index is -1.58. The molecule has 3 saturated heterocycles. The van der Waals surface area contributed by atoms with E-state index in [9.17, 15) is 29.1 Å². The molecule has 13 atom stereocenters. The van der Waals surface area contributed by atoms with E-state index in [4.69, 9.17) is 28.4 Å². The molecular weight excluding hydrogens is 764 g/mol. The molecule has 0 aliphatic carbocycles. The van der Waals surface area contributed by atoms with E-state index in [0.717, 1.165) is 16.5 Å². The molecular formula is C43H62N4O12. The van der Waals surface area contributed by atoms with Crippen molar-refractivity contribution in [2.24, 2.45) is 23.7 Å². The number of fused-ring (bicyclic) bond motifs is 2. The minimum absolute atomic E-state index is 0.0497. The van der Waals surface area contributed by atoms with Crippen molar-refractivity contribution in [3.63, 3.8) is 0 Å². The number of likely N-dealkylation sites (N-methyl/N-ethyl adjacent to an activating group) is 1. The van der Waals surface area contributed by atoms with Gasteiger partial charge < -0.3 is 43.7 Å². The van der Waals surface area contributed by atoms with E-state index in [1.165, 1.54) is 18.9 Å². The van der Waals surface area contributed by atoms with Crippen LogP contribution in [-0.2, 0) is 49.4 Å². The van der Waals surface area contributed by atoms with Crippen LogP contribution in [0.1, 0.15) is 80.2 Å². The number of cyclic esters (lactones) is 1. The first-order chi connectivity index (χ1) is 27.8. The maximum Gasteiger partial charge on any atom is 0.412 e. The molecule has 0 unspecified atom stereocenters. The molecule has 0 spiro atoms. The smallest absolute Gasteiger partial charge is 0.412 e. The van der Waals surface area contributed by atoms with Crippen molar-refractivity contribution < 1.29 is 57.5 Å². The van der Waals surface area contributed by atoms with Gasteiger partial charge in [-0.05, 0) is 84.8 Å². The molecule has 2 amide bonds. The van der Waals surface area contributed by atoms with Crippen molar-refractivity contribution in [2.45, 2.75) is 135 Å². The van der Waals surface area contributed by atoms with E-state index in [0.29, 0.717) is 6.42 Å². The first kappa shape index (κ1) is 45.9. The zero-order valence-electron chi connectivity index (χ0n) is 36.1. The van der Waals surface area contributed by atoms with Crippen LogP contribution in [0.5, 0.6) is 0 Å². The van der Waals surface area contributed by atoms with Crippen LogP contribution >= 0.6 is 0 Å². The predicted molar refractivity (Wildman–Crippen MR) is 215 cm³/mol. The van der Waals surface area contributed by atoms with Crippen molar-refractivity contribution in [3.8, 4) is 0 Å². The van der Waals surface area contributed by atoms with E-state index >= 15 is 0 Å². The maximum atomic E-state index is 14.7. The van der Waals surface area contributed by atoms with E-state index in [2.05, 4.69) is 10.3 Å². The minimum Gasteiger partial charge on any atom is -0.458 e. The summed E-state index contributed by atoms with van der Waals surface area (Å²) in [5.74, 6) is -5.60. The third-order valence-corrected chi connectivity index (χ3v) is 12.6. The summed E-state index contributed by atoms with van der Waals surface area (Å²) >= 11 is 0. The highest BCUT2D eigenvalue weighted by atomic mass is 16.7. The summed E-state index contributed by atoms with van der Waals surface area (Å²) < 4.78 is 36.4. The molecule has 3 aliphatic heterocycles. The third kappa shape index (κ3) is 9.57. The normalized spacial score (nSPS) is 36.2. The number of nitrogens with one attached hydrogen (secondary N) is 1. The fraction of sp³-hybridized carbons (Fsp3) is 0.674. The van der Waals surface area contributed by atoms with Gasteiger partial charge in [0.1, 0.15) is 30.5 Å². The van der Waals surface area contributed by atoms with Crippen molar-refractivity contribution in [2.75, 3.05) is 27.9 Å². The van der Waals surface area contributed by atoms with Crippen LogP contribution in [0.2, 0.25) is 0 Å². The summed E-state index contributed by atoms with van der Waals surface area (Å²) in [5, 5.41) is 14.9. The molecule has 0 radical (unpaired) electrons. The summed E-state index contributed by atoms with van der Waals surface area (Å²) in [5.41, 5.74) is -1.39. The van der Waals surface area contributed by atoms with Crippen LogP contribution in [0, 0.1) is 23.7 Å². The fourth-order valence-corrected chi connectivity index (χ4v) is 9.21. The van der Waals surface area contributed by atoms with Gasteiger partial charge in [-0.15, -0.1) is 0 Å². The van der Waals surface area contributed by atoms with Crippen molar-refractivity contribution in [1.29, 1.82) is 0 Å². The van der Waals surface area contributed by atoms with Crippen molar-refractivity contribution in [3.05, 3.63) is 42.1 Å². The van der Waals surface area contributed by atoms with Gasteiger partial charge in [-0.25, -0.2) is 9.59 Å². The second-order valence-corrected chi connectivity index (χ2v) is 17.1. The molecule has 0 bridgehead atoms. The summed E-state index contributed by atoms with van der Waals surface area (Å²) in [6.07, 6.45) is -3.92. The van der Waals surface area contributed by atoms with Gasteiger partial charge in [-0.1, -0.05) is 39.8 Å². The zero-order chi connectivity index (χ0) is 43.6. The standard InChI is InChI=1S/C43H62N4O12/c1-12-32-43(8)36(47(41(53)59-43)22-45-40(52)55-21-28-15-16-30-29(19-28)14-13-17-44-30)25(4)33(48)23(2)20-42(7,54-11)37(26(5)34(49)27(6)38(51)57-32)58-39-35(50)31(46(9)10)18-24(3)56-39/h13-17,19,23-27,31-32,35-37,39,50H,12,18,20-22H2,1-11H3,(H,45,52)/t23-,24-,25+,26+,27-,31+,32-,35-,36-,37-,39+,42-,43-/m1/s1. The van der Waals surface area contributed by atoms with E-state index < -0.39 is 89.5 Å². The molecule has 2 N–H and O–H groups in total. The number of Topliss-reactive ketones (excluding diaryl/α,β-unsaturated/α-hetero) is 2. The molecule has 16 nitrogen and oxygen atoms in total. The lowest BCUT2D eigenvalue weighted by atomic mass is 9.73. The molecule has 326 valence electrons. The van der Waals surface area contributed by atoms with Crippen molar-refractivity contribution >= 4 is 40.6 Å². The maximum absolute atomic E-state index is 14.7. The highest BCUT2D eigenvalue weighted by Gasteiger charge is 2.60. The van der Waals surface area contributed by atoms with Crippen LogP contribution < -0.4 is 5.32 Å². The summed E-state index contributed by atoms with van der Waals surface area (Å²) in [6.45, 7) is 13.0. The number of amides is 2. The quantitative estimate of drug-likeness (QED) is 0.202. The largest absolute Gasteiger partial charge is 0.458 e. The number of ether oxygens (including phenoxy) is 6. The van der Waals surface area contributed by atoms with Gasteiger partial charge >= 0.3 is 18.2 Å². The Morgan fingerprint density at radius 3 is 2.42 bits per heavy atom. The topological polar surface area (TPSA) is 192 Å². The number of aliphatic hydroxyl groups excluding tert-OH is 1. The molecule has 2 aromatic rings. The summed E-state index contributed by atoms with van der Waals surface area (Å²) in [6, 6.07) is 7.85. The van der Waals surface area contributed by atoms with Crippen molar-refractivity contribution in [1.82, 2.24) is 20.1 Å². The van der Waals surface area contributed by atoms with E-state index in [1.54, 1.807) is 53.8 Å². The van der Waals surface area contributed by atoms with Crippen LogP contribution in [0.15, 0.2) is 36.5 Å². The summed E-state index contributed by atoms with van der Waals surface area (Å²) in [7, 11) is 5.15. The van der Waals surface area contributed by atoms with Crippen LogP contribution in [0.4, 0.5) is 9.59 Å². The molecule has 4 heterocycles. The van der Waals surface area contributed by atoms with Crippen LogP contribution in [0.25, 0.3) is 10.9 Å². The average Bonchev–Trinajstić information content (AvgIpc) is 3.47. The number of hydrogen-bond acceptors (Lipinski definition) is 14. The molecule has 59 heavy (non-hydrogen) atoms. The first-order valence-electron chi connectivity index (χ1n) is 20.5. The Hall–Kier alpha value is -4.22. The van der Waals surface area contributed by atoms with Gasteiger partial charge in [0.25, 0.3) is 0 Å². The van der Waals surface area contributed by atoms with Gasteiger partial charge in [-0.2, -0.15) is 0 Å². The second-order valence-electron chi connectivity index (χ2n) is 17.1. The predicted octanol–water partition coefficient (Wildman–Crippen LogP) is 4.62. The number of ketones is 2. The molecule has 1 aromatic heterocycles. The van der Waals surface area contributed by atoms with Gasteiger partial charge in [0.2, 0.25) is 0 Å². The number of nitrogens with zero attached hydrogens (tertiary/aromatic N) is 3. The number of carbonyl (C=O) groups excluding carboxylic acids is 5. The molecule has 5 rings (SSSR count). The number of aromatic nitrogens is 1. The second kappa shape index (κ2) is 18.6. The van der Waals surface area contributed by atoms with E-state index in [-0.39, 0.29) is 44.0 Å². The number of carbonyl (C=O) groups is 5. The SMILES string of the molecule is CC[C@H]1OC(=O)[C@H](C)C(=O)[C@H](C)[C@@H](O[C@@H]2O[C@H](C)C[C@H](N(C)C)[C@H]2O)[C@](C)(OC)C[C@@H](C)C(=O)[C@H](C)[C@H]2N(CNC(=O)OCc3ccc4ncccc4c3)C(=O)O[C@]12C. The fourth-order valence-electron chi connectivity index (χ4n) is 9.21. The Balaban J connectivity index is 1.44. The molecule has 3 aliphatic rings. The zero-order valence-corrected chi connectivity index (χ0v) is 36.1. The number of benzene rings is 1. The Labute approximate surface area is 346 Å². The lowest BCUT2D eigenvalue weighted by Crippen LogP contribution is -2.60. The number of pyridine rings is 1. The molecule has 1 aromatic carbocycles. The van der Waals surface area contributed by atoms with Gasteiger partial charge in [0.15, 0.2) is 17.7 Å². The molecule has 0 saturated carbocycles. The highest BCUT2D eigenvalue weighted by Crippen LogP contribution is 2.43. The number of alkyl carbamates (subject to hydrolysis) is 1. The molecule has 3 fully saturated rings. The van der Waals surface area contributed by atoms with Gasteiger partial charge in [0, 0.05) is 42.5 Å². The van der Waals surface area contributed by atoms with Gasteiger partial charge in [-0.3, -0.25) is 24.3 Å². The first-order valence-corrected chi connectivity index (χ1v) is 20.5. The Kier molecular flexibility index (Phi) is 14.4. The average molecular weight is 827 g/mol. The number of esters is 1. The number of hydrogen-bond donors (Lipinski definition) is 2. The number of aliphatic hydroxyl groups is 1. The Morgan fingerprint density at radius 2 is 1.76 bits per heavy atom. The van der Waals surface area contributed by atoms with Crippen LogP contribution in [0.3, 0.4) is 0 Å². The lowest BCUT2D eigenvalue weighted by Gasteiger charge is -2.47. The van der Waals surface area contributed by atoms with Crippen LogP contribution in [-0.4, -0.2) is 131 Å². The summed E-state index contributed by atoms with van der Waals surface area (Å²) in [4.78, 5) is 77.1. The number of methoxy groups -OCH3 is 1.